The molecule has 1 aromatic carbocycles. The van der Waals surface area contributed by atoms with E-state index in [9.17, 15) is 4.79 Å². The van der Waals surface area contributed by atoms with Crippen LogP contribution in [0.2, 0.25) is 0 Å². The Labute approximate surface area is 152 Å². The lowest BCUT2D eigenvalue weighted by Crippen LogP contribution is -2.41. The Balaban J connectivity index is 1.48. The molecule has 1 aliphatic rings. The van der Waals surface area contributed by atoms with Crippen LogP contribution in [0.25, 0.3) is 11.3 Å². The van der Waals surface area contributed by atoms with E-state index in [0.29, 0.717) is 13.0 Å². The number of nitrogens with zero attached hydrogens (tertiary/aromatic N) is 1. The van der Waals surface area contributed by atoms with Gasteiger partial charge in [0.05, 0.1) is 16.6 Å². The molecule has 3 N–H and O–H groups in total. The fourth-order valence-corrected chi connectivity index (χ4v) is 3.85. The van der Waals surface area contributed by atoms with Crippen molar-refractivity contribution < 1.29 is 9.90 Å². The second kappa shape index (κ2) is 9.08. The van der Waals surface area contributed by atoms with Crippen molar-refractivity contribution in [1.29, 1.82) is 0 Å². The van der Waals surface area contributed by atoms with Gasteiger partial charge in [-0.15, -0.1) is 11.3 Å². The predicted molar refractivity (Wildman–Crippen MR) is 101 cm³/mol. The van der Waals surface area contributed by atoms with E-state index in [4.69, 9.17) is 5.11 Å². The molecule has 2 aromatic rings. The number of carbonyl (C=O) groups is 1. The topological polar surface area (TPSA) is 74.2 Å². The number of amides is 1. The monoisotopic (exact) mass is 359 g/mol. The van der Waals surface area contributed by atoms with Crippen LogP contribution in [0.5, 0.6) is 0 Å². The highest BCUT2D eigenvalue weighted by atomic mass is 32.1. The summed E-state index contributed by atoms with van der Waals surface area (Å²) in [4.78, 5) is 16.8. The van der Waals surface area contributed by atoms with Crippen molar-refractivity contribution in [3.05, 3.63) is 40.2 Å². The SMILES string of the molecule is O=C(NCCc1nc(-c2ccc(CCO)cc2)cs1)C1CCCNC1. The molecule has 1 saturated heterocycles. The van der Waals surface area contributed by atoms with Gasteiger partial charge in [-0.3, -0.25) is 4.79 Å². The lowest BCUT2D eigenvalue weighted by atomic mass is 9.99. The van der Waals surface area contributed by atoms with Crippen LogP contribution in [-0.4, -0.2) is 42.2 Å². The summed E-state index contributed by atoms with van der Waals surface area (Å²) in [6, 6.07) is 8.15. The summed E-state index contributed by atoms with van der Waals surface area (Å²) < 4.78 is 0. The molecule has 5 nitrogen and oxygen atoms in total. The standard InChI is InChI=1S/C19H25N3O2S/c23-11-8-14-3-5-15(6-4-14)17-13-25-18(22-17)7-10-21-19(24)16-2-1-9-20-12-16/h3-6,13,16,20,23H,1-2,7-12H2,(H,21,24). The van der Waals surface area contributed by atoms with Crippen molar-refractivity contribution in [2.75, 3.05) is 26.2 Å². The second-order valence-corrected chi connectivity index (χ2v) is 7.32. The smallest absolute Gasteiger partial charge is 0.224 e. The van der Waals surface area contributed by atoms with Gasteiger partial charge in [-0.2, -0.15) is 0 Å². The van der Waals surface area contributed by atoms with Crippen molar-refractivity contribution in [2.24, 2.45) is 5.92 Å². The third kappa shape index (κ3) is 5.11. The highest BCUT2D eigenvalue weighted by Crippen LogP contribution is 2.22. The number of hydrogen-bond donors (Lipinski definition) is 3. The zero-order valence-corrected chi connectivity index (χ0v) is 15.1. The molecule has 6 heteroatoms. The molecule has 1 aliphatic heterocycles. The third-order valence-electron chi connectivity index (χ3n) is 4.51. The Hall–Kier alpha value is -1.76. The van der Waals surface area contributed by atoms with Crippen LogP contribution >= 0.6 is 11.3 Å². The number of aromatic nitrogens is 1. The van der Waals surface area contributed by atoms with E-state index in [1.807, 2.05) is 24.3 Å². The normalized spacial score (nSPS) is 17.4. The molecule has 1 aromatic heterocycles. The number of piperidine rings is 1. The number of aliphatic hydroxyl groups excluding tert-OH is 1. The van der Waals surface area contributed by atoms with E-state index in [1.165, 1.54) is 0 Å². The fourth-order valence-electron chi connectivity index (χ4n) is 3.04. The number of thiazole rings is 1. The molecule has 0 spiro atoms. The van der Waals surface area contributed by atoms with Crippen LogP contribution < -0.4 is 10.6 Å². The second-order valence-electron chi connectivity index (χ2n) is 6.38. The van der Waals surface area contributed by atoms with Gasteiger partial charge in [0.25, 0.3) is 0 Å². The van der Waals surface area contributed by atoms with E-state index >= 15 is 0 Å². The van der Waals surface area contributed by atoms with Crippen molar-refractivity contribution in [2.45, 2.75) is 25.7 Å². The number of benzene rings is 1. The summed E-state index contributed by atoms with van der Waals surface area (Å²) >= 11 is 1.63. The summed E-state index contributed by atoms with van der Waals surface area (Å²) in [7, 11) is 0. The quantitative estimate of drug-likeness (QED) is 0.707. The summed E-state index contributed by atoms with van der Waals surface area (Å²) in [5.74, 6) is 0.265. The Bertz CT molecular complexity index is 678. The molecule has 134 valence electrons. The molecule has 1 atom stereocenters. The number of nitrogens with one attached hydrogen (secondary N) is 2. The zero-order valence-electron chi connectivity index (χ0n) is 14.3. The average molecular weight is 359 g/mol. The number of hydrogen-bond acceptors (Lipinski definition) is 5. The number of aliphatic hydroxyl groups is 1. The molecule has 1 unspecified atom stereocenters. The predicted octanol–water partition coefficient (Wildman–Crippen LogP) is 2.00. The van der Waals surface area contributed by atoms with Crippen molar-refractivity contribution in [3.63, 3.8) is 0 Å². The average Bonchev–Trinajstić information content (AvgIpc) is 3.12. The minimum atomic E-state index is 0.109. The first-order valence-corrected chi connectivity index (χ1v) is 9.77. The lowest BCUT2D eigenvalue weighted by molar-refractivity contribution is -0.125. The summed E-state index contributed by atoms with van der Waals surface area (Å²) in [6.07, 6.45) is 3.50. The van der Waals surface area contributed by atoms with Gasteiger partial charge in [-0.25, -0.2) is 4.98 Å². The molecule has 1 amide bonds. The van der Waals surface area contributed by atoms with Gasteiger partial charge in [0.1, 0.15) is 0 Å². The summed E-state index contributed by atoms with van der Waals surface area (Å²) in [5, 5.41) is 18.4. The molecule has 0 saturated carbocycles. The molecular formula is C19H25N3O2S. The first kappa shape index (κ1) is 18.0. The van der Waals surface area contributed by atoms with Gasteiger partial charge in [0.15, 0.2) is 0 Å². The van der Waals surface area contributed by atoms with E-state index in [1.54, 1.807) is 11.3 Å². The van der Waals surface area contributed by atoms with E-state index < -0.39 is 0 Å². The minimum absolute atomic E-state index is 0.109. The fraction of sp³-hybridized carbons (Fsp3) is 0.474. The van der Waals surface area contributed by atoms with Gasteiger partial charge >= 0.3 is 0 Å². The highest BCUT2D eigenvalue weighted by molar-refractivity contribution is 7.09. The van der Waals surface area contributed by atoms with E-state index in [-0.39, 0.29) is 18.4 Å². The van der Waals surface area contributed by atoms with Crippen LogP contribution in [0, 0.1) is 5.92 Å². The maximum absolute atomic E-state index is 12.1. The van der Waals surface area contributed by atoms with Crippen LogP contribution in [0.3, 0.4) is 0 Å². The van der Waals surface area contributed by atoms with Crippen LogP contribution in [-0.2, 0) is 17.6 Å². The van der Waals surface area contributed by atoms with Crippen molar-refractivity contribution >= 4 is 17.2 Å². The molecule has 2 heterocycles. The molecule has 0 radical (unpaired) electrons. The lowest BCUT2D eigenvalue weighted by Gasteiger charge is -2.21. The van der Waals surface area contributed by atoms with Gasteiger partial charge in [0.2, 0.25) is 5.91 Å². The first-order valence-electron chi connectivity index (χ1n) is 8.89. The zero-order chi connectivity index (χ0) is 17.5. The first-order chi connectivity index (χ1) is 12.3. The largest absolute Gasteiger partial charge is 0.396 e. The molecule has 0 aliphatic carbocycles. The molecule has 0 bridgehead atoms. The number of rotatable bonds is 7. The molecule has 1 fully saturated rings. The van der Waals surface area contributed by atoms with Crippen molar-refractivity contribution in [3.8, 4) is 11.3 Å². The van der Waals surface area contributed by atoms with Gasteiger partial charge in [0, 0.05) is 37.1 Å². The maximum Gasteiger partial charge on any atom is 0.224 e. The van der Waals surface area contributed by atoms with E-state index in [0.717, 1.165) is 54.2 Å². The molecule has 3 rings (SSSR count). The number of carbonyl (C=O) groups excluding carboxylic acids is 1. The Morgan fingerprint density at radius 1 is 1.32 bits per heavy atom. The molecule has 25 heavy (non-hydrogen) atoms. The summed E-state index contributed by atoms with van der Waals surface area (Å²) in [6.45, 7) is 2.62. The maximum atomic E-state index is 12.1. The Kier molecular flexibility index (Phi) is 6.55. The van der Waals surface area contributed by atoms with Crippen LogP contribution in [0.1, 0.15) is 23.4 Å². The van der Waals surface area contributed by atoms with Crippen LogP contribution in [0.4, 0.5) is 0 Å². The Morgan fingerprint density at radius 3 is 2.88 bits per heavy atom. The summed E-state index contributed by atoms with van der Waals surface area (Å²) in [5.41, 5.74) is 3.18. The Morgan fingerprint density at radius 2 is 2.16 bits per heavy atom. The highest BCUT2D eigenvalue weighted by Gasteiger charge is 2.20. The molecular weight excluding hydrogens is 334 g/mol. The van der Waals surface area contributed by atoms with Gasteiger partial charge < -0.3 is 15.7 Å². The van der Waals surface area contributed by atoms with Crippen LogP contribution in [0.15, 0.2) is 29.6 Å². The third-order valence-corrected chi connectivity index (χ3v) is 5.42. The van der Waals surface area contributed by atoms with E-state index in [2.05, 4.69) is 21.0 Å². The van der Waals surface area contributed by atoms with Gasteiger partial charge in [-0.05, 0) is 31.4 Å². The van der Waals surface area contributed by atoms with Gasteiger partial charge in [-0.1, -0.05) is 24.3 Å². The van der Waals surface area contributed by atoms with Crippen molar-refractivity contribution in [1.82, 2.24) is 15.6 Å². The minimum Gasteiger partial charge on any atom is -0.396 e.